The highest BCUT2D eigenvalue weighted by Gasteiger charge is 2.19. The van der Waals surface area contributed by atoms with Crippen molar-refractivity contribution in [2.24, 2.45) is 0 Å². The highest BCUT2D eigenvalue weighted by atomic mass is 35.5. The zero-order valence-electron chi connectivity index (χ0n) is 14.3. The molecular weight excluding hydrogens is 356 g/mol. The zero-order chi connectivity index (χ0) is 18.0. The van der Waals surface area contributed by atoms with Gasteiger partial charge in [-0.25, -0.2) is 4.98 Å². The molecular formula is C18H19ClN4OS. The van der Waals surface area contributed by atoms with E-state index in [0.717, 1.165) is 11.3 Å². The van der Waals surface area contributed by atoms with E-state index < -0.39 is 0 Å². The van der Waals surface area contributed by atoms with Gasteiger partial charge in [-0.05, 0) is 23.8 Å². The summed E-state index contributed by atoms with van der Waals surface area (Å²) in [5.74, 6) is -0.190. The Morgan fingerprint density at radius 2 is 2.16 bits per heavy atom. The number of nitrogens with one attached hydrogen (secondary N) is 1. The molecule has 0 fully saturated rings. The lowest BCUT2D eigenvalue weighted by Gasteiger charge is -2.14. The third kappa shape index (κ3) is 4.08. The van der Waals surface area contributed by atoms with Gasteiger partial charge in [0, 0.05) is 35.9 Å². The molecule has 25 heavy (non-hydrogen) atoms. The second-order valence-corrected chi connectivity index (χ2v) is 8.00. The summed E-state index contributed by atoms with van der Waals surface area (Å²) in [5, 5.41) is 6.04. The van der Waals surface area contributed by atoms with Gasteiger partial charge in [0.25, 0.3) is 5.91 Å². The van der Waals surface area contributed by atoms with Gasteiger partial charge < -0.3 is 4.57 Å². The Kier molecular flexibility index (Phi) is 4.92. The molecule has 0 saturated heterocycles. The van der Waals surface area contributed by atoms with E-state index in [-0.39, 0.29) is 11.3 Å². The summed E-state index contributed by atoms with van der Waals surface area (Å²) < 4.78 is 1.86. The van der Waals surface area contributed by atoms with Crippen molar-refractivity contribution < 1.29 is 4.79 Å². The lowest BCUT2D eigenvalue weighted by Crippen LogP contribution is -2.18. The molecule has 0 bridgehead atoms. The number of amides is 1. The predicted octanol–water partition coefficient (Wildman–Crippen LogP) is 4.59. The monoisotopic (exact) mass is 374 g/mol. The first kappa shape index (κ1) is 17.6. The lowest BCUT2D eigenvalue weighted by molar-refractivity contribution is 0.101. The molecule has 0 saturated carbocycles. The number of rotatable bonds is 4. The molecule has 0 spiro atoms. The largest absolute Gasteiger partial charge is 0.339 e. The van der Waals surface area contributed by atoms with Gasteiger partial charge in [0.15, 0.2) is 5.13 Å². The van der Waals surface area contributed by atoms with Gasteiger partial charge in [0.1, 0.15) is 5.69 Å². The van der Waals surface area contributed by atoms with E-state index in [1.54, 1.807) is 18.5 Å². The maximum Gasteiger partial charge on any atom is 0.274 e. The van der Waals surface area contributed by atoms with Crippen molar-refractivity contribution in [3.05, 3.63) is 64.1 Å². The van der Waals surface area contributed by atoms with Crippen LogP contribution >= 0.6 is 22.9 Å². The summed E-state index contributed by atoms with van der Waals surface area (Å²) in [5.41, 5.74) is 2.39. The second-order valence-electron chi connectivity index (χ2n) is 6.73. The van der Waals surface area contributed by atoms with Gasteiger partial charge in [0.05, 0.1) is 10.7 Å². The lowest BCUT2D eigenvalue weighted by atomic mass is 9.93. The molecule has 3 aromatic heterocycles. The number of thiazole rings is 1. The summed E-state index contributed by atoms with van der Waals surface area (Å²) >= 11 is 7.60. The Hall–Kier alpha value is -2.18. The normalized spacial score (nSPS) is 11.5. The highest BCUT2D eigenvalue weighted by Crippen LogP contribution is 2.26. The van der Waals surface area contributed by atoms with Crippen LogP contribution in [0.1, 0.15) is 42.5 Å². The molecule has 0 unspecified atom stereocenters. The van der Waals surface area contributed by atoms with E-state index >= 15 is 0 Å². The minimum Gasteiger partial charge on any atom is -0.339 e. The maximum absolute atomic E-state index is 12.6. The Morgan fingerprint density at radius 1 is 1.36 bits per heavy atom. The average Bonchev–Trinajstić information content (AvgIpc) is 3.18. The molecule has 3 rings (SSSR count). The Morgan fingerprint density at radius 3 is 2.84 bits per heavy atom. The molecule has 3 heterocycles. The zero-order valence-corrected chi connectivity index (χ0v) is 15.9. The molecule has 0 aliphatic rings. The van der Waals surface area contributed by atoms with E-state index in [4.69, 9.17) is 11.6 Å². The summed E-state index contributed by atoms with van der Waals surface area (Å²) in [6.07, 6.45) is 5.14. The van der Waals surface area contributed by atoms with Crippen molar-refractivity contribution >= 4 is 34.0 Å². The number of carbonyl (C=O) groups excluding carboxylic acids is 1. The number of aromatic nitrogens is 3. The number of pyridine rings is 1. The third-order valence-electron chi connectivity index (χ3n) is 3.75. The van der Waals surface area contributed by atoms with E-state index in [2.05, 4.69) is 36.1 Å². The van der Waals surface area contributed by atoms with Gasteiger partial charge in [0.2, 0.25) is 0 Å². The van der Waals surface area contributed by atoms with Crippen LogP contribution in [-0.2, 0) is 12.0 Å². The fraction of sp³-hybridized carbons (Fsp3) is 0.278. The first-order valence-electron chi connectivity index (χ1n) is 7.85. The van der Waals surface area contributed by atoms with Gasteiger partial charge >= 0.3 is 0 Å². The number of halogens is 1. The maximum atomic E-state index is 12.6. The topological polar surface area (TPSA) is 59.8 Å². The summed E-state index contributed by atoms with van der Waals surface area (Å²) in [6, 6.07) is 5.47. The smallest absolute Gasteiger partial charge is 0.274 e. The fourth-order valence-corrected chi connectivity index (χ4v) is 3.42. The van der Waals surface area contributed by atoms with E-state index in [1.165, 1.54) is 11.3 Å². The van der Waals surface area contributed by atoms with Gasteiger partial charge in [-0.3, -0.25) is 15.1 Å². The highest BCUT2D eigenvalue weighted by molar-refractivity contribution is 7.14. The van der Waals surface area contributed by atoms with Crippen molar-refractivity contribution in [1.82, 2.24) is 14.5 Å². The molecule has 0 aliphatic carbocycles. The number of hydrogen-bond acceptors (Lipinski definition) is 4. The average molecular weight is 375 g/mol. The van der Waals surface area contributed by atoms with Crippen molar-refractivity contribution in [2.45, 2.75) is 32.7 Å². The predicted molar refractivity (Wildman–Crippen MR) is 102 cm³/mol. The first-order chi connectivity index (χ1) is 11.8. The third-order valence-corrected chi connectivity index (χ3v) is 4.85. The molecule has 0 radical (unpaired) electrons. The quantitative estimate of drug-likeness (QED) is 0.726. The molecule has 0 aliphatic heterocycles. The molecule has 1 amide bonds. The van der Waals surface area contributed by atoms with Crippen molar-refractivity contribution in [2.75, 3.05) is 5.32 Å². The van der Waals surface area contributed by atoms with Crippen LogP contribution in [0.15, 0.2) is 42.2 Å². The number of anilines is 1. The van der Waals surface area contributed by atoms with Crippen molar-refractivity contribution in [3.63, 3.8) is 0 Å². The van der Waals surface area contributed by atoms with Crippen molar-refractivity contribution in [3.8, 4) is 0 Å². The molecule has 0 aromatic carbocycles. The molecule has 5 nitrogen and oxygen atoms in total. The standard InChI is InChI=1S/C18H19ClN4OS/c1-18(2,3)15-11-25-17(21-15)22-16(24)14-5-4-8-23(14)10-12-6-7-20-9-13(12)19/h4-9,11H,10H2,1-3H3,(H,21,22,24). The van der Waals surface area contributed by atoms with E-state index in [9.17, 15) is 4.79 Å². The Bertz CT molecular complexity index is 894. The molecule has 130 valence electrons. The Labute approximate surface area is 155 Å². The number of carbonyl (C=O) groups is 1. The fourth-order valence-electron chi connectivity index (χ4n) is 2.31. The van der Waals surface area contributed by atoms with Crippen LogP contribution in [0.5, 0.6) is 0 Å². The van der Waals surface area contributed by atoms with Gasteiger partial charge in [-0.2, -0.15) is 0 Å². The van der Waals surface area contributed by atoms with Crippen LogP contribution in [0, 0.1) is 0 Å². The van der Waals surface area contributed by atoms with E-state index in [1.807, 2.05) is 28.3 Å². The van der Waals surface area contributed by atoms with E-state index in [0.29, 0.717) is 22.4 Å². The van der Waals surface area contributed by atoms with Crippen LogP contribution in [0.4, 0.5) is 5.13 Å². The van der Waals surface area contributed by atoms with Crippen LogP contribution < -0.4 is 5.32 Å². The molecule has 0 atom stereocenters. The summed E-state index contributed by atoms with van der Waals surface area (Å²) in [4.78, 5) is 21.1. The minimum atomic E-state index is -0.190. The Balaban J connectivity index is 1.77. The van der Waals surface area contributed by atoms with Gasteiger partial charge in [-0.15, -0.1) is 11.3 Å². The first-order valence-corrected chi connectivity index (χ1v) is 9.11. The summed E-state index contributed by atoms with van der Waals surface area (Å²) in [7, 11) is 0. The van der Waals surface area contributed by atoms with Crippen LogP contribution in [-0.4, -0.2) is 20.4 Å². The molecule has 3 aromatic rings. The number of nitrogens with zero attached hydrogens (tertiary/aromatic N) is 3. The van der Waals surface area contributed by atoms with Crippen LogP contribution in [0.3, 0.4) is 0 Å². The molecule has 1 N–H and O–H groups in total. The van der Waals surface area contributed by atoms with Crippen molar-refractivity contribution in [1.29, 1.82) is 0 Å². The number of hydrogen-bond donors (Lipinski definition) is 1. The minimum absolute atomic E-state index is 0.0439. The molecule has 7 heteroatoms. The second kappa shape index (κ2) is 6.98. The van der Waals surface area contributed by atoms with Crippen LogP contribution in [0.25, 0.3) is 0 Å². The van der Waals surface area contributed by atoms with Crippen LogP contribution in [0.2, 0.25) is 5.02 Å². The van der Waals surface area contributed by atoms with Gasteiger partial charge in [-0.1, -0.05) is 32.4 Å². The SMILES string of the molecule is CC(C)(C)c1csc(NC(=O)c2cccn2Cc2ccncc2Cl)n1. The summed E-state index contributed by atoms with van der Waals surface area (Å²) in [6.45, 7) is 6.79.